The maximum Gasteiger partial charge on any atom is 0.340 e. The number of carbonyl (C=O) groups is 2. The largest absolute Gasteiger partial charge is 0.508 e. The smallest absolute Gasteiger partial charge is 0.340 e. The molecule has 0 amide bonds. The van der Waals surface area contributed by atoms with Gasteiger partial charge < -0.3 is 20.4 Å². The van der Waals surface area contributed by atoms with Gasteiger partial charge in [-0.1, -0.05) is 30.3 Å². The van der Waals surface area contributed by atoms with Crippen molar-refractivity contribution < 1.29 is 30.0 Å². The second-order valence-corrected chi connectivity index (χ2v) is 5.28. The van der Waals surface area contributed by atoms with E-state index in [1.807, 2.05) is 0 Å². The fourth-order valence-electron chi connectivity index (χ4n) is 2.12. The van der Waals surface area contributed by atoms with Crippen molar-refractivity contribution in [2.24, 2.45) is 0 Å². The lowest BCUT2D eigenvalue weighted by Crippen LogP contribution is -2.37. The topological polar surface area (TPSA) is 115 Å². The average molecular weight is 328 g/mol. The molecule has 4 N–H and O–H groups in total. The van der Waals surface area contributed by atoms with Crippen LogP contribution >= 0.6 is 0 Å². The van der Waals surface area contributed by atoms with Crippen molar-refractivity contribution in [2.45, 2.75) is 12.0 Å². The number of hydrogen-bond donors (Lipinski definition) is 4. The lowest BCUT2D eigenvalue weighted by Gasteiger charge is -2.22. The number of allylic oxidation sites excluding steroid dienone is 1. The van der Waals surface area contributed by atoms with Crippen molar-refractivity contribution in [3.8, 4) is 11.5 Å². The Morgan fingerprint density at radius 1 is 0.917 bits per heavy atom. The van der Waals surface area contributed by atoms with Crippen LogP contribution in [0.4, 0.5) is 0 Å². The SMILES string of the molecule is O=C(/C=C/c1ccc(O)cc1)CC(O)(C(=O)O)c1ccc(O)cc1. The average Bonchev–Trinajstić information content (AvgIpc) is 2.54. The Bertz CT molecular complexity index is 761. The maximum absolute atomic E-state index is 12.0. The van der Waals surface area contributed by atoms with Crippen molar-refractivity contribution >= 4 is 17.8 Å². The molecule has 2 aromatic carbocycles. The van der Waals surface area contributed by atoms with Crippen molar-refractivity contribution in [1.82, 2.24) is 0 Å². The summed E-state index contributed by atoms with van der Waals surface area (Å²) in [6.07, 6.45) is 1.98. The molecule has 0 bridgehead atoms. The number of aliphatic hydroxyl groups is 1. The fourth-order valence-corrected chi connectivity index (χ4v) is 2.12. The number of aliphatic carboxylic acids is 1. The third kappa shape index (κ3) is 3.99. The predicted molar refractivity (Wildman–Crippen MR) is 86.4 cm³/mol. The first-order chi connectivity index (χ1) is 11.3. The zero-order valence-electron chi connectivity index (χ0n) is 12.6. The summed E-state index contributed by atoms with van der Waals surface area (Å²) in [6, 6.07) is 11.0. The molecule has 0 aliphatic rings. The van der Waals surface area contributed by atoms with Crippen molar-refractivity contribution in [3.05, 3.63) is 65.7 Å². The number of carbonyl (C=O) groups excluding carboxylic acids is 1. The Morgan fingerprint density at radius 3 is 1.92 bits per heavy atom. The van der Waals surface area contributed by atoms with Gasteiger partial charge in [-0.3, -0.25) is 4.79 Å². The van der Waals surface area contributed by atoms with Crippen LogP contribution in [0.3, 0.4) is 0 Å². The van der Waals surface area contributed by atoms with E-state index in [0.717, 1.165) is 0 Å². The van der Waals surface area contributed by atoms with Crippen LogP contribution in [0.1, 0.15) is 17.5 Å². The first-order valence-electron chi connectivity index (χ1n) is 7.06. The number of phenols is 2. The molecule has 1 unspecified atom stereocenters. The number of aromatic hydroxyl groups is 2. The van der Waals surface area contributed by atoms with Crippen LogP contribution in [-0.2, 0) is 15.2 Å². The Hall–Kier alpha value is -3.12. The third-order valence-electron chi connectivity index (χ3n) is 3.48. The number of benzene rings is 2. The van der Waals surface area contributed by atoms with Gasteiger partial charge in [-0.15, -0.1) is 0 Å². The second-order valence-electron chi connectivity index (χ2n) is 5.28. The van der Waals surface area contributed by atoms with Gasteiger partial charge >= 0.3 is 5.97 Å². The second kappa shape index (κ2) is 6.97. The molecule has 124 valence electrons. The van der Waals surface area contributed by atoms with Gasteiger partial charge in [0.1, 0.15) is 11.5 Å². The van der Waals surface area contributed by atoms with Gasteiger partial charge in [-0.05, 0) is 41.5 Å². The third-order valence-corrected chi connectivity index (χ3v) is 3.48. The zero-order chi connectivity index (χ0) is 17.7. The molecule has 0 aliphatic heterocycles. The highest BCUT2D eigenvalue weighted by Gasteiger charge is 2.39. The maximum atomic E-state index is 12.0. The molecule has 0 saturated heterocycles. The molecule has 0 aliphatic carbocycles. The van der Waals surface area contributed by atoms with Gasteiger partial charge in [0.25, 0.3) is 0 Å². The normalized spacial score (nSPS) is 13.5. The number of phenolic OH excluding ortho intramolecular Hbond substituents is 2. The molecule has 6 nitrogen and oxygen atoms in total. The van der Waals surface area contributed by atoms with Crippen molar-refractivity contribution in [3.63, 3.8) is 0 Å². The lowest BCUT2D eigenvalue weighted by molar-refractivity contribution is -0.162. The van der Waals surface area contributed by atoms with Gasteiger partial charge in [0, 0.05) is 0 Å². The van der Waals surface area contributed by atoms with E-state index in [2.05, 4.69) is 0 Å². The summed E-state index contributed by atoms with van der Waals surface area (Å²) >= 11 is 0. The van der Waals surface area contributed by atoms with Crippen LogP contribution in [0.5, 0.6) is 11.5 Å². The van der Waals surface area contributed by atoms with E-state index in [1.165, 1.54) is 48.6 Å². The molecule has 0 spiro atoms. The minimum absolute atomic E-state index is 0.000756. The van der Waals surface area contributed by atoms with Gasteiger partial charge in [0.2, 0.25) is 0 Å². The Morgan fingerprint density at radius 2 is 1.42 bits per heavy atom. The highest BCUT2D eigenvalue weighted by atomic mass is 16.4. The fraction of sp³-hybridized carbons (Fsp3) is 0.111. The highest BCUT2D eigenvalue weighted by Crippen LogP contribution is 2.27. The van der Waals surface area contributed by atoms with E-state index in [1.54, 1.807) is 12.1 Å². The molecule has 0 saturated carbocycles. The first-order valence-corrected chi connectivity index (χ1v) is 7.06. The van der Waals surface area contributed by atoms with Crippen molar-refractivity contribution in [1.29, 1.82) is 0 Å². The summed E-state index contributed by atoms with van der Waals surface area (Å²) in [6.45, 7) is 0. The van der Waals surface area contributed by atoms with E-state index >= 15 is 0 Å². The van der Waals surface area contributed by atoms with Gasteiger partial charge in [0.15, 0.2) is 11.4 Å². The molecule has 1 atom stereocenters. The summed E-state index contributed by atoms with van der Waals surface area (Å²) in [7, 11) is 0. The van der Waals surface area contributed by atoms with Gasteiger partial charge in [-0.2, -0.15) is 0 Å². The van der Waals surface area contributed by atoms with E-state index in [9.17, 15) is 30.0 Å². The van der Waals surface area contributed by atoms with Crippen LogP contribution in [-0.4, -0.2) is 32.2 Å². The minimum atomic E-state index is -2.38. The monoisotopic (exact) mass is 328 g/mol. The van der Waals surface area contributed by atoms with Crippen molar-refractivity contribution in [2.75, 3.05) is 0 Å². The summed E-state index contributed by atoms with van der Waals surface area (Å²) in [5.74, 6) is -2.13. The first kappa shape index (κ1) is 17.2. The number of hydrogen-bond acceptors (Lipinski definition) is 5. The molecule has 24 heavy (non-hydrogen) atoms. The number of ketones is 1. The molecule has 0 fully saturated rings. The van der Waals surface area contributed by atoms with Crippen LogP contribution < -0.4 is 0 Å². The van der Waals surface area contributed by atoms with Crippen LogP contribution in [0.2, 0.25) is 0 Å². The van der Waals surface area contributed by atoms with E-state index in [0.29, 0.717) is 5.56 Å². The molecule has 0 aromatic heterocycles. The Kier molecular flexibility index (Phi) is 5.01. The summed E-state index contributed by atoms with van der Waals surface area (Å²) < 4.78 is 0. The Balaban J connectivity index is 2.18. The quantitative estimate of drug-likeness (QED) is 0.603. The van der Waals surface area contributed by atoms with Gasteiger partial charge in [-0.25, -0.2) is 4.79 Å². The van der Waals surface area contributed by atoms with Crippen LogP contribution in [0.15, 0.2) is 54.6 Å². The van der Waals surface area contributed by atoms with E-state index in [-0.39, 0.29) is 17.1 Å². The molecule has 0 radical (unpaired) electrons. The van der Waals surface area contributed by atoms with E-state index in [4.69, 9.17) is 0 Å². The van der Waals surface area contributed by atoms with Crippen LogP contribution in [0, 0.1) is 0 Å². The van der Waals surface area contributed by atoms with E-state index < -0.39 is 23.8 Å². The highest BCUT2D eigenvalue weighted by molar-refractivity contribution is 5.97. The Labute approximate surface area is 137 Å². The molecule has 2 rings (SSSR count). The minimum Gasteiger partial charge on any atom is -0.508 e. The standard InChI is InChI=1S/C18H16O6/c19-14-6-1-12(2-7-14)3-8-16(21)11-18(24,17(22)23)13-4-9-15(20)10-5-13/h1-10,19-20,24H,11H2,(H,22,23)/b8-3+. The lowest BCUT2D eigenvalue weighted by atomic mass is 9.88. The summed E-state index contributed by atoms with van der Waals surface area (Å²) in [5.41, 5.74) is -1.74. The zero-order valence-corrected chi connectivity index (χ0v) is 12.6. The molecular weight excluding hydrogens is 312 g/mol. The molecular formula is C18H16O6. The predicted octanol–water partition coefficient (Wildman–Crippen LogP) is 2.04. The van der Waals surface area contributed by atoms with Gasteiger partial charge in [0.05, 0.1) is 6.42 Å². The number of carboxylic acid groups (broad SMARTS) is 1. The molecule has 0 heterocycles. The number of rotatable bonds is 6. The summed E-state index contributed by atoms with van der Waals surface area (Å²) in [5, 5.41) is 38.1. The number of carboxylic acids is 1. The van der Waals surface area contributed by atoms with Crippen LogP contribution in [0.25, 0.3) is 6.08 Å². The summed E-state index contributed by atoms with van der Waals surface area (Å²) in [4.78, 5) is 23.5. The molecule has 2 aromatic rings. The molecule has 6 heteroatoms.